The summed E-state index contributed by atoms with van der Waals surface area (Å²) in [4.78, 5) is 16.4. The zero-order valence-electron chi connectivity index (χ0n) is 12.7. The average Bonchev–Trinajstić information content (AvgIpc) is 2.48. The van der Waals surface area contributed by atoms with Crippen molar-refractivity contribution in [3.05, 3.63) is 58.6 Å². The largest absolute Gasteiger partial charge is 0.365 e. The van der Waals surface area contributed by atoms with E-state index in [9.17, 15) is 4.79 Å². The van der Waals surface area contributed by atoms with E-state index in [1.807, 2.05) is 18.2 Å². The van der Waals surface area contributed by atoms with Crippen LogP contribution in [0.2, 0.25) is 0 Å². The van der Waals surface area contributed by atoms with E-state index in [0.29, 0.717) is 11.7 Å². The maximum absolute atomic E-state index is 12.2. The molecule has 1 N–H and O–H groups in total. The third kappa shape index (κ3) is 4.74. The highest BCUT2D eigenvalue weighted by Crippen LogP contribution is 2.03. The van der Waals surface area contributed by atoms with Crippen LogP contribution in [0.25, 0.3) is 0 Å². The molecule has 0 amide bonds. The number of nitrogens with zero attached hydrogens (tertiary/aromatic N) is 2. The lowest BCUT2D eigenvalue weighted by atomic mass is 10.1. The van der Waals surface area contributed by atoms with E-state index in [1.165, 1.54) is 5.56 Å². The molecular formula is C17H23N3O. The van der Waals surface area contributed by atoms with Gasteiger partial charge in [-0.2, -0.15) is 0 Å². The Morgan fingerprint density at radius 3 is 2.71 bits per heavy atom. The second-order valence-corrected chi connectivity index (χ2v) is 5.64. The van der Waals surface area contributed by atoms with Crippen LogP contribution in [0.3, 0.4) is 0 Å². The molecule has 112 valence electrons. The van der Waals surface area contributed by atoms with Crippen LogP contribution in [-0.4, -0.2) is 16.1 Å². The fourth-order valence-electron chi connectivity index (χ4n) is 2.25. The Kier molecular flexibility index (Phi) is 5.55. The Morgan fingerprint density at radius 2 is 2.00 bits per heavy atom. The van der Waals surface area contributed by atoms with Gasteiger partial charge in [-0.1, -0.05) is 44.2 Å². The van der Waals surface area contributed by atoms with Gasteiger partial charge >= 0.3 is 0 Å². The molecule has 0 aliphatic rings. The van der Waals surface area contributed by atoms with Crippen LogP contribution in [0.1, 0.15) is 25.8 Å². The summed E-state index contributed by atoms with van der Waals surface area (Å²) in [5, 5.41) is 3.15. The van der Waals surface area contributed by atoms with Gasteiger partial charge in [0.05, 0.1) is 0 Å². The van der Waals surface area contributed by atoms with Crippen molar-refractivity contribution in [3.8, 4) is 0 Å². The standard InChI is InChI=1S/C17H23N3O/c1-14(2)13-20-12-11-19-16(17(20)21)18-10-6-9-15-7-4-3-5-8-15/h3-5,7-8,11-12,14H,6,9-10,13H2,1-2H3,(H,18,19). The molecule has 2 rings (SSSR count). The average molecular weight is 285 g/mol. The number of aromatic nitrogens is 2. The molecule has 0 radical (unpaired) electrons. The van der Waals surface area contributed by atoms with E-state index < -0.39 is 0 Å². The Balaban J connectivity index is 1.87. The van der Waals surface area contributed by atoms with Gasteiger partial charge in [0.15, 0.2) is 5.82 Å². The van der Waals surface area contributed by atoms with Gasteiger partial charge < -0.3 is 9.88 Å². The van der Waals surface area contributed by atoms with Gasteiger partial charge in [-0.3, -0.25) is 4.79 Å². The van der Waals surface area contributed by atoms with E-state index in [2.05, 4.69) is 36.3 Å². The molecule has 1 heterocycles. The second-order valence-electron chi connectivity index (χ2n) is 5.64. The molecule has 0 aliphatic heterocycles. The van der Waals surface area contributed by atoms with Crippen molar-refractivity contribution < 1.29 is 0 Å². The number of aryl methyl sites for hydroxylation is 1. The molecule has 1 aromatic heterocycles. The van der Waals surface area contributed by atoms with Crippen molar-refractivity contribution in [2.24, 2.45) is 5.92 Å². The van der Waals surface area contributed by atoms with Crippen molar-refractivity contribution in [1.29, 1.82) is 0 Å². The molecular weight excluding hydrogens is 262 g/mol. The third-order valence-electron chi connectivity index (χ3n) is 3.25. The maximum Gasteiger partial charge on any atom is 0.293 e. The lowest BCUT2D eigenvalue weighted by Gasteiger charge is -2.10. The Bertz CT molecular complexity index is 605. The van der Waals surface area contributed by atoms with Crippen LogP contribution in [0.15, 0.2) is 47.5 Å². The van der Waals surface area contributed by atoms with Crippen LogP contribution in [0.4, 0.5) is 5.82 Å². The summed E-state index contributed by atoms with van der Waals surface area (Å²) in [5.41, 5.74) is 1.28. The van der Waals surface area contributed by atoms with E-state index in [-0.39, 0.29) is 5.56 Å². The van der Waals surface area contributed by atoms with Crippen LogP contribution in [-0.2, 0) is 13.0 Å². The van der Waals surface area contributed by atoms with E-state index in [1.54, 1.807) is 17.0 Å². The van der Waals surface area contributed by atoms with E-state index >= 15 is 0 Å². The van der Waals surface area contributed by atoms with Crippen LogP contribution < -0.4 is 10.9 Å². The van der Waals surface area contributed by atoms with Crippen molar-refractivity contribution in [2.75, 3.05) is 11.9 Å². The summed E-state index contributed by atoms with van der Waals surface area (Å²) in [7, 11) is 0. The minimum absolute atomic E-state index is 0.0362. The first-order valence-electron chi connectivity index (χ1n) is 7.50. The minimum Gasteiger partial charge on any atom is -0.365 e. The van der Waals surface area contributed by atoms with Crippen molar-refractivity contribution in [2.45, 2.75) is 33.2 Å². The van der Waals surface area contributed by atoms with Crippen LogP contribution in [0, 0.1) is 5.92 Å². The van der Waals surface area contributed by atoms with E-state index in [4.69, 9.17) is 0 Å². The third-order valence-corrected chi connectivity index (χ3v) is 3.25. The Morgan fingerprint density at radius 1 is 1.24 bits per heavy atom. The predicted octanol–water partition coefficient (Wildman–Crippen LogP) is 2.94. The Labute approximate surface area is 125 Å². The van der Waals surface area contributed by atoms with Crippen LogP contribution in [0.5, 0.6) is 0 Å². The summed E-state index contributed by atoms with van der Waals surface area (Å²) in [6.45, 7) is 5.67. The first kappa shape index (κ1) is 15.3. The zero-order valence-corrected chi connectivity index (χ0v) is 12.7. The van der Waals surface area contributed by atoms with Gasteiger partial charge in [-0.05, 0) is 24.3 Å². The molecule has 1 aromatic carbocycles. The molecule has 4 nitrogen and oxygen atoms in total. The van der Waals surface area contributed by atoms with Gasteiger partial charge in [0.25, 0.3) is 5.56 Å². The fraction of sp³-hybridized carbons (Fsp3) is 0.412. The maximum atomic E-state index is 12.2. The summed E-state index contributed by atoms with van der Waals surface area (Å²) in [6, 6.07) is 10.4. The van der Waals surface area contributed by atoms with Crippen molar-refractivity contribution in [3.63, 3.8) is 0 Å². The number of hydrogen-bond acceptors (Lipinski definition) is 3. The highest BCUT2D eigenvalue weighted by Gasteiger charge is 2.05. The molecule has 4 heteroatoms. The smallest absolute Gasteiger partial charge is 0.293 e. The number of nitrogens with one attached hydrogen (secondary N) is 1. The van der Waals surface area contributed by atoms with Gasteiger partial charge in [0.2, 0.25) is 0 Å². The molecule has 0 atom stereocenters. The Hall–Kier alpha value is -2.10. The lowest BCUT2D eigenvalue weighted by molar-refractivity contribution is 0.509. The topological polar surface area (TPSA) is 46.9 Å². The molecule has 0 fully saturated rings. The zero-order chi connectivity index (χ0) is 15.1. The molecule has 0 unspecified atom stereocenters. The highest BCUT2D eigenvalue weighted by molar-refractivity contribution is 5.30. The summed E-state index contributed by atoms with van der Waals surface area (Å²) < 4.78 is 1.72. The van der Waals surface area contributed by atoms with Gasteiger partial charge in [0.1, 0.15) is 0 Å². The lowest BCUT2D eigenvalue weighted by Crippen LogP contribution is -2.26. The van der Waals surface area contributed by atoms with Gasteiger partial charge in [0, 0.05) is 25.5 Å². The van der Waals surface area contributed by atoms with Gasteiger partial charge in [-0.15, -0.1) is 0 Å². The summed E-state index contributed by atoms with van der Waals surface area (Å²) in [5.74, 6) is 0.891. The number of rotatable bonds is 7. The summed E-state index contributed by atoms with van der Waals surface area (Å²) >= 11 is 0. The fourth-order valence-corrected chi connectivity index (χ4v) is 2.25. The molecule has 0 aliphatic carbocycles. The molecule has 0 spiro atoms. The predicted molar refractivity (Wildman–Crippen MR) is 86.6 cm³/mol. The van der Waals surface area contributed by atoms with Crippen molar-refractivity contribution in [1.82, 2.24) is 9.55 Å². The minimum atomic E-state index is -0.0362. The highest BCUT2D eigenvalue weighted by atomic mass is 16.1. The number of anilines is 1. The SMILES string of the molecule is CC(C)Cn1ccnc(NCCCc2ccccc2)c1=O. The quantitative estimate of drug-likeness (QED) is 0.796. The molecule has 2 aromatic rings. The monoisotopic (exact) mass is 285 g/mol. The molecule has 0 bridgehead atoms. The number of hydrogen-bond donors (Lipinski definition) is 1. The molecule has 0 saturated carbocycles. The van der Waals surface area contributed by atoms with E-state index in [0.717, 1.165) is 25.9 Å². The normalized spacial score (nSPS) is 10.8. The summed E-state index contributed by atoms with van der Waals surface area (Å²) in [6.07, 6.45) is 5.41. The first-order chi connectivity index (χ1) is 10.2. The molecule has 0 saturated heterocycles. The van der Waals surface area contributed by atoms with Crippen molar-refractivity contribution >= 4 is 5.82 Å². The first-order valence-corrected chi connectivity index (χ1v) is 7.50. The second kappa shape index (κ2) is 7.62. The number of benzene rings is 1. The molecule has 21 heavy (non-hydrogen) atoms. The van der Waals surface area contributed by atoms with Gasteiger partial charge in [-0.25, -0.2) is 4.98 Å². The van der Waals surface area contributed by atoms with Crippen LogP contribution >= 0.6 is 0 Å².